The van der Waals surface area contributed by atoms with E-state index in [-0.39, 0.29) is 18.6 Å². The zero-order valence-corrected chi connectivity index (χ0v) is 12.8. The Bertz CT molecular complexity index is 492. The van der Waals surface area contributed by atoms with Gasteiger partial charge in [-0.25, -0.2) is 0 Å². The van der Waals surface area contributed by atoms with Gasteiger partial charge in [-0.3, -0.25) is 9.48 Å². The van der Waals surface area contributed by atoms with Crippen molar-refractivity contribution in [2.45, 2.75) is 64.0 Å². The number of aromatic nitrogens is 2. The standard InChI is InChI=1S/C16H25N3O2/c1-2-21-11-15(20)17-14-9-5-6-12-10-19(18-16(12)14)13-7-3-4-8-13/h10,13-14H,2-9,11H2,1H3,(H,17,20)/t14-/m1/s1. The minimum absolute atomic E-state index is 0.0369. The Morgan fingerprint density at radius 2 is 2.19 bits per heavy atom. The third kappa shape index (κ3) is 3.28. The van der Waals surface area contributed by atoms with E-state index >= 15 is 0 Å². The second-order valence-corrected chi connectivity index (χ2v) is 6.11. The van der Waals surface area contributed by atoms with E-state index < -0.39 is 0 Å². The van der Waals surface area contributed by atoms with Crippen LogP contribution in [0.4, 0.5) is 0 Å². The lowest BCUT2D eigenvalue weighted by atomic mass is 9.94. The third-order valence-electron chi connectivity index (χ3n) is 4.58. The lowest BCUT2D eigenvalue weighted by molar-refractivity contribution is -0.126. The highest BCUT2D eigenvalue weighted by molar-refractivity contribution is 5.77. The first-order chi connectivity index (χ1) is 10.3. The number of amides is 1. The largest absolute Gasteiger partial charge is 0.372 e. The van der Waals surface area contributed by atoms with E-state index in [9.17, 15) is 4.79 Å². The Balaban J connectivity index is 1.70. The Hall–Kier alpha value is -1.36. The molecule has 1 fully saturated rings. The molecule has 1 saturated carbocycles. The lowest BCUT2D eigenvalue weighted by Gasteiger charge is -2.22. The number of carbonyl (C=O) groups is 1. The number of carbonyl (C=O) groups excluding carboxylic acids is 1. The summed E-state index contributed by atoms with van der Waals surface area (Å²) in [5.74, 6) is -0.0369. The molecule has 2 aliphatic carbocycles. The normalized spacial score (nSPS) is 22.2. The summed E-state index contributed by atoms with van der Waals surface area (Å²) >= 11 is 0. The van der Waals surface area contributed by atoms with Crippen LogP contribution in [0.1, 0.15) is 68.8 Å². The molecule has 0 unspecified atom stereocenters. The van der Waals surface area contributed by atoms with E-state index in [1.54, 1.807) is 0 Å². The van der Waals surface area contributed by atoms with Gasteiger partial charge in [0.1, 0.15) is 6.61 Å². The summed E-state index contributed by atoms with van der Waals surface area (Å²) in [4.78, 5) is 11.9. The molecule has 5 heteroatoms. The Morgan fingerprint density at radius 1 is 1.38 bits per heavy atom. The van der Waals surface area contributed by atoms with E-state index in [4.69, 9.17) is 9.84 Å². The van der Waals surface area contributed by atoms with Crippen LogP contribution in [-0.2, 0) is 16.0 Å². The molecule has 1 heterocycles. The molecule has 2 aliphatic rings. The van der Waals surface area contributed by atoms with Crippen LogP contribution in [0.2, 0.25) is 0 Å². The highest BCUT2D eigenvalue weighted by Gasteiger charge is 2.27. The van der Waals surface area contributed by atoms with Crippen LogP contribution in [0.5, 0.6) is 0 Å². The van der Waals surface area contributed by atoms with Gasteiger partial charge in [0, 0.05) is 12.8 Å². The molecule has 1 amide bonds. The van der Waals surface area contributed by atoms with Crippen LogP contribution in [0.25, 0.3) is 0 Å². The molecule has 0 aliphatic heterocycles. The van der Waals surface area contributed by atoms with Gasteiger partial charge in [-0.15, -0.1) is 0 Å². The van der Waals surface area contributed by atoms with E-state index in [0.29, 0.717) is 12.6 Å². The first kappa shape index (κ1) is 14.6. The smallest absolute Gasteiger partial charge is 0.246 e. The maximum Gasteiger partial charge on any atom is 0.246 e. The van der Waals surface area contributed by atoms with Crippen LogP contribution in [0, 0.1) is 0 Å². The van der Waals surface area contributed by atoms with Crippen molar-refractivity contribution >= 4 is 5.91 Å². The molecule has 116 valence electrons. The van der Waals surface area contributed by atoms with Crippen molar-refractivity contribution in [2.24, 2.45) is 0 Å². The molecule has 0 radical (unpaired) electrons. The molecule has 1 atom stereocenters. The molecular weight excluding hydrogens is 266 g/mol. The van der Waals surface area contributed by atoms with Gasteiger partial charge >= 0.3 is 0 Å². The number of nitrogens with zero attached hydrogens (tertiary/aromatic N) is 2. The molecule has 1 N–H and O–H groups in total. The maximum absolute atomic E-state index is 11.9. The van der Waals surface area contributed by atoms with Gasteiger partial charge in [0.05, 0.1) is 17.8 Å². The monoisotopic (exact) mass is 291 g/mol. The van der Waals surface area contributed by atoms with Crippen LogP contribution in [0.3, 0.4) is 0 Å². The molecule has 0 spiro atoms. The molecule has 3 rings (SSSR count). The number of rotatable bonds is 5. The van der Waals surface area contributed by atoms with Crippen molar-refractivity contribution in [1.29, 1.82) is 0 Å². The second kappa shape index (κ2) is 6.60. The molecular formula is C16H25N3O2. The van der Waals surface area contributed by atoms with Gasteiger partial charge in [0.15, 0.2) is 0 Å². The average molecular weight is 291 g/mol. The summed E-state index contributed by atoms with van der Waals surface area (Å²) < 4.78 is 7.33. The van der Waals surface area contributed by atoms with Crippen molar-refractivity contribution in [2.75, 3.05) is 13.2 Å². The number of nitrogens with one attached hydrogen (secondary N) is 1. The number of hydrogen-bond acceptors (Lipinski definition) is 3. The van der Waals surface area contributed by atoms with Gasteiger partial charge in [-0.2, -0.15) is 5.10 Å². The molecule has 1 aromatic rings. The summed E-state index contributed by atoms with van der Waals surface area (Å²) in [5.41, 5.74) is 2.40. The van der Waals surface area contributed by atoms with E-state index in [2.05, 4.69) is 16.2 Å². The fourth-order valence-electron chi connectivity index (χ4n) is 3.49. The van der Waals surface area contributed by atoms with Crippen molar-refractivity contribution in [1.82, 2.24) is 15.1 Å². The van der Waals surface area contributed by atoms with Crippen molar-refractivity contribution in [3.05, 3.63) is 17.5 Å². The zero-order chi connectivity index (χ0) is 14.7. The first-order valence-electron chi connectivity index (χ1n) is 8.23. The van der Waals surface area contributed by atoms with Gasteiger partial charge in [0.25, 0.3) is 0 Å². The maximum atomic E-state index is 11.9. The fourth-order valence-corrected chi connectivity index (χ4v) is 3.49. The quantitative estimate of drug-likeness (QED) is 0.907. The van der Waals surface area contributed by atoms with E-state index in [0.717, 1.165) is 25.0 Å². The molecule has 21 heavy (non-hydrogen) atoms. The Labute approximate surface area is 126 Å². The molecule has 0 saturated heterocycles. The van der Waals surface area contributed by atoms with Crippen molar-refractivity contribution in [3.63, 3.8) is 0 Å². The van der Waals surface area contributed by atoms with Crippen molar-refractivity contribution < 1.29 is 9.53 Å². The summed E-state index contributed by atoms with van der Waals surface area (Å²) in [7, 11) is 0. The fraction of sp³-hybridized carbons (Fsp3) is 0.750. The predicted octanol–water partition coefficient (Wildman–Crippen LogP) is 2.53. The number of ether oxygens (including phenoxy) is 1. The summed E-state index contributed by atoms with van der Waals surface area (Å²) in [6, 6.07) is 0.625. The zero-order valence-electron chi connectivity index (χ0n) is 12.8. The molecule has 5 nitrogen and oxygen atoms in total. The number of fused-ring (bicyclic) bond motifs is 1. The first-order valence-corrected chi connectivity index (χ1v) is 8.23. The van der Waals surface area contributed by atoms with Gasteiger partial charge in [-0.05, 0) is 44.6 Å². The van der Waals surface area contributed by atoms with Gasteiger partial charge in [-0.1, -0.05) is 12.8 Å². The molecule has 0 bridgehead atoms. The predicted molar refractivity (Wildman–Crippen MR) is 80.0 cm³/mol. The van der Waals surface area contributed by atoms with Crippen LogP contribution in [-0.4, -0.2) is 28.9 Å². The third-order valence-corrected chi connectivity index (χ3v) is 4.58. The Morgan fingerprint density at radius 3 is 2.95 bits per heavy atom. The number of aryl methyl sites for hydroxylation is 1. The second-order valence-electron chi connectivity index (χ2n) is 6.11. The van der Waals surface area contributed by atoms with Crippen molar-refractivity contribution in [3.8, 4) is 0 Å². The molecule has 0 aromatic carbocycles. The summed E-state index contributed by atoms with van der Waals surface area (Å²) in [6.45, 7) is 2.61. The topological polar surface area (TPSA) is 56.1 Å². The average Bonchev–Trinajstić information content (AvgIpc) is 3.13. The minimum atomic E-state index is -0.0369. The number of hydrogen-bond donors (Lipinski definition) is 1. The Kier molecular flexibility index (Phi) is 4.58. The van der Waals surface area contributed by atoms with Crippen LogP contribution < -0.4 is 5.32 Å². The summed E-state index contributed by atoms with van der Waals surface area (Å²) in [6.07, 6.45) is 10.5. The van der Waals surface area contributed by atoms with Crippen LogP contribution in [0.15, 0.2) is 6.20 Å². The minimum Gasteiger partial charge on any atom is -0.372 e. The van der Waals surface area contributed by atoms with Gasteiger partial charge in [0.2, 0.25) is 5.91 Å². The highest BCUT2D eigenvalue weighted by Crippen LogP contribution is 2.33. The summed E-state index contributed by atoms with van der Waals surface area (Å²) in [5, 5.41) is 7.88. The van der Waals surface area contributed by atoms with E-state index in [1.807, 2.05) is 6.92 Å². The lowest BCUT2D eigenvalue weighted by Crippen LogP contribution is -2.33. The van der Waals surface area contributed by atoms with Crippen LogP contribution >= 0.6 is 0 Å². The highest BCUT2D eigenvalue weighted by atomic mass is 16.5. The SMILES string of the molecule is CCOCC(=O)N[C@@H]1CCCc2cn(C3CCCC3)nc21. The molecule has 1 aromatic heterocycles. The van der Waals surface area contributed by atoms with E-state index in [1.165, 1.54) is 31.2 Å². The van der Waals surface area contributed by atoms with Gasteiger partial charge < -0.3 is 10.1 Å².